The fourth-order valence-electron chi connectivity index (χ4n) is 3.17. The zero-order valence-corrected chi connectivity index (χ0v) is 12.2. The van der Waals surface area contributed by atoms with Gasteiger partial charge in [-0.15, -0.1) is 0 Å². The van der Waals surface area contributed by atoms with E-state index in [1.165, 1.54) is 24.8 Å². The summed E-state index contributed by atoms with van der Waals surface area (Å²) in [4.78, 5) is 0. The van der Waals surface area contributed by atoms with E-state index in [4.69, 9.17) is 14.2 Å². The Morgan fingerprint density at radius 2 is 2.00 bits per heavy atom. The molecule has 0 spiro atoms. The number of nitrogens with one attached hydrogen (secondary N) is 1. The van der Waals surface area contributed by atoms with E-state index in [1.807, 2.05) is 13.2 Å². The average molecular weight is 277 g/mol. The van der Waals surface area contributed by atoms with Crippen molar-refractivity contribution in [2.75, 3.05) is 13.9 Å². The van der Waals surface area contributed by atoms with Gasteiger partial charge in [-0.3, -0.25) is 0 Å². The molecule has 0 bridgehead atoms. The maximum atomic E-state index is 5.61. The summed E-state index contributed by atoms with van der Waals surface area (Å²) in [5.41, 5.74) is 1.23. The Bertz CT molecular complexity index is 463. The van der Waals surface area contributed by atoms with Crippen molar-refractivity contribution in [2.45, 2.75) is 50.8 Å². The Hall–Kier alpha value is -1.26. The number of fused-ring (bicyclic) bond motifs is 1. The molecular formula is C16H23NO3. The van der Waals surface area contributed by atoms with Crippen molar-refractivity contribution < 1.29 is 14.2 Å². The van der Waals surface area contributed by atoms with Gasteiger partial charge < -0.3 is 19.5 Å². The molecule has 0 radical (unpaired) electrons. The molecule has 1 aliphatic heterocycles. The molecule has 3 rings (SSSR count). The molecule has 1 aliphatic carbocycles. The zero-order chi connectivity index (χ0) is 13.9. The van der Waals surface area contributed by atoms with Gasteiger partial charge in [0.25, 0.3) is 0 Å². The van der Waals surface area contributed by atoms with Crippen LogP contribution in [0.15, 0.2) is 18.2 Å². The third-order valence-corrected chi connectivity index (χ3v) is 4.37. The predicted octanol–water partition coefficient (Wildman–Crippen LogP) is 3.02. The van der Waals surface area contributed by atoms with Crippen molar-refractivity contribution in [1.82, 2.24) is 5.32 Å². The summed E-state index contributed by atoms with van der Waals surface area (Å²) in [5.74, 6) is 1.69. The molecule has 0 aromatic heterocycles. The summed E-state index contributed by atoms with van der Waals surface area (Å²) in [6, 6.07) is 6.89. The lowest BCUT2D eigenvalue weighted by Gasteiger charge is -2.33. The number of hydrogen-bond acceptors (Lipinski definition) is 4. The first-order valence-electron chi connectivity index (χ1n) is 7.46. The average Bonchev–Trinajstić information content (AvgIpc) is 2.95. The SMILES string of the molecule is COC1CCCCC1NC(C)c1ccc2c(c1)OCO2. The highest BCUT2D eigenvalue weighted by Gasteiger charge is 2.26. The van der Waals surface area contributed by atoms with Gasteiger partial charge in [0.15, 0.2) is 11.5 Å². The highest BCUT2D eigenvalue weighted by Crippen LogP contribution is 2.34. The minimum Gasteiger partial charge on any atom is -0.454 e. The van der Waals surface area contributed by atoms with Crippen LogP contribution in [0.2, 0.25) is 0 Å². The van der Waals surface area contributed by atoms with Gasteiger partial charge in [0.1, 0.15) is 0 Å². The Labute approximate surface area is 120 Å². The minimum absolute atomic E-state index is 0.283. The van der Waals surface area contributed by atoms with Gasteiger partial charge in [0, 0.05) is 19.2 Å². The van der Waals surface area contributed by atoms with Crippen molar-refractivity contribution in [2.24, 2.45) is 0 Å². The third kappa shape index (κ3) is 2.76. The number of rotatable bonds is 4. The molecule has 3 unspecified atom stereocenters. The predicted molar refractivity (Wildman–Crippen MR) is 77.2 cm³/mol. The Balaban J connectivity index is 1.67. The first kappa shape index (κ1) is 13.7. The van der Waals surface area contributed by atoms with Crippen molar-refractivity contribution in [3.63, 3.8) is 0 Å². The minimum atomic E-state index is 0.283. The molecule has 1 heterocycles. The summed E-state index contributed by atoms with van der Waals surface area (Å²) in [6.45, 7) is 2.52. The van der Waals surface area contributed by atoms with Crippen LogP contribution in [0, 0.1) is 0 Å². The lowest BCUT2D eigenvalue weighted by atomic mass is 9.91. The molecule has 2 aliphatic rings. The van der Waals surface area contributed by atoms with Crippen LogP contribution in [-0.2, 0) is 4.74 Å². The van der Waals surface area contributed by atoms with Crippen LogP contribution in [0.25, 0.3) is 0 Å². The van der Waals surface area contributed by atoms with Gasteiger partial charge in [-0.05, 0) is 37.5 Å². The molecule has 0 saturated heterocycles. The summed E-state index contributed by atoms with van der Waals surface area (Å²) < 4.78 is 16.4. The first-order valence-corrected chi connectivity index (χ1v) is 7.46. The van der Waals surface area contributed by atoms with Crippen LogP contribution in [0.5, 0.6) is 11.5 Å². The summed E-state index contributed by atoms with van der Waals surface area (Å²) in [7, 11) is 1.82. The van der Waals surface area contributed by atoms with Crippen LogP contribution in [0.4, 0.5) is 0 Å². The zero-order valence-electron chi connectivity index (χ0n) is 12.2. The third-order valence-electron chi connectivity index (χ3n) is 4.37. The van der Waals surface area contributed by atoms with Gasteiger partial charge in [-0.25, -0.2) is 0 Å². The van der Waals surface area contributed by atoms with E-state index >= 15 is 0 Å². The van der Waals surface area contributed by atoms with Gasteiger partial charge in [-0.2, -0.15) is 0 Å². The molecule has 1 N–H and O–H groups in total. The van der Waals surface area contributed by atoms with E-state index in [-0.39, 0.29) is 6.04 Å². The number of ether oxygens (including phenoxy) is 3. The van der Waals surface area contributed by atoms with Gasteiger partial charge in [0.05, 0.1) is 6.10 Å². The van der Waals surface area contributed by atoms with Crippen molar-refractivity contribution in [3.05, 3.63) is 23.8 Å². The molecule has 3 atom stereocenters. The molecule has 20 heavy (non-hydrogen) atoms. The number of hydrogen-bond donors (Lipinski definition) is 1. The summed E-state index contributed by atoms with van der Waals surface area (Å²) in [6.07, 6.45) is 5.23. The highest BCUT2D eigenvalue weighted by molar-refractivity contribution is 5.45. The van der Waals surface area contributed by atoms with Crippen molar-refractivity contribution in [3.8, 4) is 11.5 Å². The largest absolute Gasteiger partial charge is 0.454 e. The lowest BCUT2D eigenvalue weighted by molar-refractivity contribution is 0.0384. The Kier molecular flexibility index (Phi) is 4.13. The number of methoxy groups -OCH3 is 1. The lowest BCUT2D eigenvalue weighted by Crippen LogP contribution is -2.44. The monoisotopic (exact) mass is 277 g/mol. The second-order valence-electron chi connectivity index (χ2n) is 5.67. The molecule has 1 aromatic rings. The standard InChI is InChI=1S/C16H23NO3/c1-11(17-13-5-3-4-6-14(13)18-2)12-7-8-15-16(9-12)20-10-19-15/h7-9,11,13-14,17H,3-6,10H2,1-2H3. The maximum Gasteiger partial charge on any atom is 0.231 e. The highest BCUT2D eigenvalue weighted by atomic mass is 16.7. The molecule has 110 valence electrons. The molecule has 1 aromatic carbocycles. The Morgan fingerprint density at radius 3 is 2.85 bits per heavy atom. The van der Waals surface area contributed by atoms with E-state index in [0.717, 1.165) is 17.9 Å². The molecule has 4 nitrogen and oxygen atoms in total. The van der Waals surface area contributed by atoms with Gasteiger partial charge in [-0.1, -0.05) is 18.9 Å². The fraction of sp³-hybridized carbons (Fsp3) is 0.625. The van der Waals surface area contributed by atoms with Crippen LogP contribution < -0.4 is 14.8 Å². The molecule has 1 fully saturated rings. The fourth-order valence-corrected chi connectivity index (χ4v) is 3.17. The maximum absolute atomic E-state index is 5.61. The van der Waals surface area contributed by atoms with Crippen LogP contribution in [0.3, 0.4) is 0 Å². The van der Waals surface area contributed by atoms with Crippen LogP contribution in [0.1, 0.15) is 44.2 Å². The van der Waals surface area contributed by atoms with E-state index in [1.54, 1.807) is 0 Å². The van der Waals surface area contributed by atoms with E-state index < -0.39 is 0 Å². The van der Waals surface area contributed by atoms with E-state index in [2.05, 4.69) is 24.4 Å². The second kappa shape index (κ2) is 6.02. The number of benzene rings is 1. The van der Waals surface area contributed by atoms with Gasteiger partial charge in [0.2, 0.25) is 6.79 Å². The normalized spacial score (nSPS) is 26.5. The van der Waals surface area contributed by atoms with Crippen LogP contribution >= 0.6 is 0 Å². The quantitative estimate of drug-likeness (QED) is 0.918. The van der Waals surface area contributed by atoms with E-state index in [0.29, 0.717) is 18.9 Å². The molecule has 0 amide bonds. The smallest absolute Gasteiger partial charge is 0.231 e. The first-order chi connectivity index (χ1) is 9.78. The van der Waals surface area contributed by atoms with Crippen LogP contribution in [-0.4, -0.2) is 26.0 Å². The van der Waals surface area contributed by atoms with Gasteiger partial charge >= 0.3 is 0 Å². The topological polar surface area (TPSA) is 39.7 Å². The van der Waals surface area contributed by atoms with E-state index in [9.17, 15) is 0 Å². The Morgan fingerprint density at radius 1 is 1.20 bits per heavy atom. The summed E-state index contributed by atoms with van der Waals surface area (Å²) in [5, 5.41) is 3.71. The summed E-state index contributed by atoms with van der Waals surface area (Å²) >= 11 is 0. The molecule has 1 saturated carbocycles. The van der Waals surface area contributed by atoms with Crippen molar-refractivity contribution >= 4 is 0 Å². The molecular weight excluding hydrogens is 254 g/mol. The second-order valence-corrected chi connectivity index (χ2v) is 5.67. The molecule has 4 heteroatoms. The van der Waals surface area contributed by atoms with Crippen molar-refractivity contribution in [1.29, 1.82) is 0 Å².